The molecule has 0 radical (unpaired) electrons. The van der Waals surface area contributed by atoms with E-state index in [1.165, 1.54) is 18.2 Å². The highest BCUT2D eigenvalue weighted by atomic mass is 16.6. The van der Waals surface area contributed by atoms with Gasteiger partial charge in [-0.05, 0) is 25.0 Å². The zero-order chi connectivity index (χ0) is 14.4. The number of benzene rings is 1. The van der Waals surface area contributed by atoms with Crippen LogP contribution in [0, 0.1) is 16.0 Å². The van der Waals surface area contributed by atoms with Gasteiger partial charge in [0.1, 0.15) is 0 Å². The lowest BCUT2D eigenvalue weighted by Gasteiger charge is -2.15. The van der Waals surface area contributed by atoms with Crippen LogP contribution in [0.2, 0.25) is 0 Å². The van der Waals surface area contributed by atoms with Crippen LogP contribution in [0.4, 0.5) is 5.69 Å². The molecule has 102 valence electrons. The average Bonchev–Trinajstić information content (AvgIpc) is 2.36. The van der Waals surface area contributed by atoms with Crippen molar-refractivity contribution in [3.63, 3.8) is 0 Å². The van der Waals surface area contributed by atoms with Crippen molar-refractivity contribution in [1.29, 1.82) is 0 Å². The van der Waals surface area contributed by atoms with Crippen LogP contribution in [0.15, 0.2) is 30.3 Å². The zero-order valence-electron chi connectivity index (χ0n) is 11.3. The Morgan fingerprint density at radius 1 is 1.32 bits per heavy atom. The van der Waals surface area contributed by atoms with Crippen molar-refractivity contribution in [2.75, 3.05) is 0 Å². The average molecular weight is 262 g/mol. The Morgan fingerprint density at radius 3 is 2.53 bits per heavy atom. The van der Waals surface area contributed by atoms with Crippen LogP contribution in [0.3, 0.4) is 0 Å². The third-order valence-corrected chi connectivity index (χ3v) is 2.92. The molecule has 0 aliphatic carbocycles. The number of hydrogen-bond donors (Lipinski definition) is 1. The second-order valence-corrected chi connectivity index (χ2v) is 4.69. The minimum Gasteiger partial charge on any atom is -0.350 e. The van der Waals surface area contributed by atoms with E-state index in [1.54, 1.807) is 18.2 Å². The Kier molecular flexibility index (Phi) is 5.23. The van der Waals surface area contributed by atoms with E-state index < -0.39 is 4.92 Å². The lowest BCUT2D eigenvalue weighted by Crippen LogP contribution is -2.34. The van der Waals surface area contributed by atoms with Crippen molar-refractivity contribution in [3.8, 4) is 0 Å². The van der Waals surface area contributed by atoms with E-state index in [1.807, 2.05) is 20.8 Å². The highest BCUT2D eigenvalue weighted by Crippen LogP contribution is 2.18. The first-order chi connectivity index (χ1) is 8.91. The van der Waals surface area contributed by atoms with Crippen LogP contribution in [0.1, 0.15) is 26.3 Å². The summed E-state index contributed by atoms with van der Waals surface area (Å²) in [6, 6.07) is 6.36. The van der Waals surface area contributed by atoms with E-state index in [0.717, 1.165) is 0 Å². The van der Waals surface area contributed by atoms with Gasteiger partial charge in [0.2, 0.25) is 5.91 Å². The molecule has 0 aliphatic heterocycles. The topological polar surface area (TPSA) is 72.2 Å². The summed E-state index contributed by atoms with van der Waals surface area (Å²) in [4.78, 5) is 22.0. The number of nitrogens with zero attached hydrogens (tertiary/aromatic N) is 1. The Bertz CT molecular complexity index is 495. The van der Waals surface area contributed by atoms with Gasteiger partial charge in [-0.1, -0.05) is 26.0 Å². The van der Waals surface area contributed by atoms with Crippen molar-refractivity contribution in [3.05, 3.63) is 46.0 Å². The lowest BCUT2D eigenvalue weighted by atomic mass is 10.1. The van der Waals surface area contributed by atoms with Crippen molar-refractivity contribution in [1.82, 2.24) is 5.32 Å². The van der Waals surface area contributed by atoms with Gasteiger partial charge in [-0.15, -0.1) is 0 Å². The molecule has 5 nitrogen and oxygen atoms in total. The van der Waals surface area contributed by atoms with E-state index in [2.05, 4.69) is 5.32 Å². The molecule has 0 aliphatic rings. The van der Waals surface area contributed by atoms with E-state index >= 15 is 0 Å². The second-order valence-electron chi connectivity index (χ2n) is 4.69. The molecule has 1 amide bonds. The van der Waals surface area contributed by atoms with Gasteiger partial charge in [0.05, 0.1) is 10.5 Å². The van der Waals surface area contributed by atoms with Crippen LogP contribution in [0.25, 0.3) is 6.08 Å². The molecular formula is C14H18N2O3. The second kappa shape index (κ2) is 6.68. The highest BCUT2D eigenvalue weighted by Gasteiger charge is 2.11. The highest BCUT2D eigenvalue weighted by molar-refractivity contribution is 5.92. The lowest BCUT2D eigenvalue weighted by molar-refractivity contribution is -0.385. The standard InChI is InChI=1S/C14H18N2O3/c1-10(2)11(3)15-14(17)9-8-12-6-4-5-7-13(12)16(18)19/h4-11H,1-3H3,(H,15,17)/b9-8+. The molecule has 1 atom stereocenters. The number of hydrogen-bond acceptors (Lipinski definition) is 3. The number of amides is 1. The summed E-state index contributed by atoms with van der Waals surface area (Å²) in [6.45, 7) is 5.94. The largest absolute Gasteiger partial charge is 0.350 e. The monoisotopic (exact) mass is 262 g/mol. The summed E-state index contributed by atoms with van der Waals surface area (Å²) in [5.74, 6) is 0.0859. The van der Waals surface area contributed by atoms with Gasteiger partial charge in [-0.25, -0.2) is 0 Å². The Morgan fingerprint density at radius 2 is 1.95 bits per heavy atom. The fourth-order valence-corrected chi connectivity index (χ4v) is 1.40. The maximum absolute atomic E-state index is 11.6. The van der Waals surface area contributed by atoms with Gasteiger partial charge < -0.3 is 5.32 Å². The van der Waals surface area contributed by atoms with Gasteiger partial charge in [0, 0.05) is 18.2 Å². The molecule has 0 spiro atoms. The molecule has 0 aromatic heterocycles. The molecule has 0 fully saturated rings. The number of para-hydroxylation sites is 1. The fourth-order valence-electron chi connectivity index (χ4n) is 1.40. The molecule has 5 heteroatoms. The van der Waals surface area contributed by atoms with Crippen LogP contribution in [-0.2, 0) is 4.79 Å². The molecule has 0 saturated heterocycles. The van der Waals surface area contributed by atoms with E-state index in [0.29, 0.717) is 11.5 Å². The Labute approximate surface area is 112 Å². The summed E-state index contributed by atoms with van der Waals surface area (Å²) in [5.41, 5.74) is 0.406. The molecule has 1 aromatic carbocycles. The molecule has 0 saturated carbocycles. The smallest absolute Gasteiger partial charge is 0.276 e. The molecule has 19 heavy (non-hydrogen) atoms. The van der Waals surface area contributed by atoms with Crippen molar-refractivity contribution in [2.24, 2.45) is 5.92 Å². The van der Waals surface area contributed by atoms with Crippen molar-refractivity contribution >= 4 is 17.7 Å². The third kappa shape index (κ3) is 4.54. The summed E-state index contributed by atoms with van der Waals surface area (Å²) < 4.78 is 0. The Balaban J connectivity index is 2.77. The Hall–Kier alpha value is -2.17. The normalized spacial score (nSPS) is 12.6. The number of rotatable bonds is 5. The van der Waals surface area contributed by atoms with Gasteiger partial charge in [-0.2, -0.15) is 0 Å². The maximum Gasteiger partial charge on any atom is 0.276 e. The first-order valence-electron chi connectivity index (χ1n) is 6.13. The van der Waals surface area contributed by atoms with Gasteiger partial charge in [0.15, 0.2) is 0 Å². The van der Waals surface area contributed by atoms with Crippen LogP contribution >= 0.6 is 0 Å². The van der Waals surface area contributed by atoms with Crippen LogP contribution in [-0.4, -0.2) is 16.9 Å². The van der Waals surface area contributed by atoms with E-state index in [9.17, 15) is 14.9 Å². The first kappa shape index (κ1) is 14.9. The fraction of sp³-hybridized carbons (Fsp3) is 0.357. The predicted octanol–water partition coefficient (Wildman–Crippen LogP) is 2.77. The number of carbonyl (C=O) groups is 1. The number of nitro groups is 1. The van der Waals surface area contributed by atoms with Gasteiger partial charge in [-0.3, -0.25) is 14.9 Å². The molecule has 1 rings (SSSR count). The minimum absolute atomic E-state index is 0.0107. The summed E-state index contributed by atoms with van der Waals surface area (Å²) in [5, 5.41) is 13.6. The maximum atomic E-state index is 11.6. The van der Waals surface area contributed by atoms with Crippen molar-refractivity contribution in [2.45, 2.75) is 26.8 Å². The minimum atomic E-state index is -0.464. The predicted molar refractivity (Wildman–Crippen MR) is 74.6 cm³/mol. The quantitative estimate of drug-likeness (QED) is 0.504. The molecular weight excluding hydrogens is 244 g/mol. The zero-order valence-corrected chi connectivity index (χ0v) is 11.3. The van der Waals surface area contributed by atoms with E-state index in [4.69, 9.17) is 0 Å². The molecule has 1 aromatic rings. The molecule has 0 bridgehead atoms. The number of carbonyl (C=O) groups excluding carboxylic acids is 1. The molecule has 1 N–H and O–H groups in total. The number of nitro benzene ring substituents is 1. The molecule has 1 unspecified atom stereocenters. The SMILES string of the molecule is CC(C)C(C)NC(=O)/C=C/c1ccccc1[N+](=O)[O-]. The summed E-state index contributed by atoms with van der Waals surface area (Å²) >= 11 is 0. The number of nitrogens with one attached hydrogen (secondary N) is 1. The summed E-state index contributed by atoms with van der Waals surface area (Å²) in [6.07, 6.45) is 2.78. The van der Waals surface area contributed by atoms with Crippen LogP contribution in [0.5, 0.6) is 0 Å². The molecule has 0 heterocycles. The third-order valence-electron chi connectivity index (χ3n) is 2.92. The van der Waals surface area contributed by atoms with E-state index in [-0.39, 0.29) is 17.6 Å². The first-order valence-corrected chi connectivity index (χ1v) is 6.13. The van der Waals surface area contributed by atoms with Gasteiger partial charge >= 0.3 is 0 Å². The van der Waals surface area contributed by atoms with Crippen LogP contribution < -0.4 is 5.32 Å². The summed E-state index contributed by atoms with van der Waals surface area (Å²) in [7, 11) is 0. The van der Waals surface area contributed by atoms with Gasteiger partial charge in [0.25, 0.3) is 5.69 Å². The van der Waals surface area contributed by atoms with Crippen molar-refractivity contribution < 1.29 is 9.72 Å².